The van der Waals surface area contributed by atoms with Gasteiger partial charge in [-0.1, -0.05) is 48.5 Å². The van der Waals surface area contributed by atoms with Crippen LogP contribution in [0.5, 0.6) is 0 Å². The standard InChI is InChI=1S/C15H15NOS/c16-15(17)14(12-7-3-1-4-8-12)11-18-13-9-5-2-6-10-13/h1-10,14H,11H2,(H2,16,17)/t14-/m1/s1. The zero-order valence-electron chi connectivity index (χ0n) is 9.95. The zero-order chi connectivity index (χ0) is 12.8. The van der Waals surface area contributed by atoms with E-state index < -0.39 is 0 Å². The maximum Gasteiger partial charge on any atom is 0.225 e. The maximum atomic E-state index is 11.5. The van der Waals surface area contributed by atoms with E-state index in [0.717, 1.165) is 10.5 Å². The van der Waals surface area contributed by atoms with Gasteiger partial charge in [0.15, 0.2) is 0 Å². The van der Waals surface area contributed by atoms with Crippen LogP contribution in [0.15, 0.2) is 65.6 Å². The second-order valence-corrected chi connectivity index (χ2v) is 5.08. The van der Waals surface area contributed by atoms with Gasteiger partial charge in [-0.2, -0.15) is 0 Å². The number of amides is 1. The van der Waals surface area contributed by atoms with E-state index in [0.29, 0.717) is 5.75 Å². The van der Waals surface area contributed by atoms with Crippen molar-refractivity contribution in [3.8, 4) is 0 Å². The fraction of sp³-hybridized carbons (Fsp3) is 0.133. The maximum absolute atomic E-state index is 11.5. The molecule has 0 bridgehead atoms. The second-order valence-electron chi connectivity index (χ2n) is 3.99. The van der Waals surface area contributed by atoms with Crippen LogP contribution < -0.4 is 5.73 Å². The van der Waals surface area contributed by atoms with Crippen molar-refractivity contribution >= 4 is 17.7 Å². The summed E-state index contributed by atoms with van der Waals surface area (Å²) in [6.07, 6.45) is 0. The molecule has 1 amide bonds. The lowest BCUT2D eigenvalue weighted by Crippen LogP contribution is -2.23. The summed E-state index contributed by atoms with van der Waals surface area (Å²) in [7, 11) is 0. The van der Waals surface area contributed by atoms with E-state index >= 15 is 0 Å². The first kappa shape index (κ1) is 12.7. The molecule has 0 aliphatic carbocycles. The molecule has 2 aromatic rings. The van der Waals surface area contributed by atoms with Gasteiger partial charge in [-0.05, 0) is 17.7 Å². The molecule has 0 saturated heterocycles. The molecule has 0 radical (unpaired) electrons. The fourth-order valence-electron chi connectivity index (χ4n) is 1.72. The van der Waals surface area contributed by atoms with Crippen molar-refractivity contribution in [2.45, 2.75) is 10.8 Å². The highest BCUT2D eigenvalue weighted by atomic mass is 32.2. The SMILES string of the molecule is NC(=O)[C@H](CSc1ccccc1)c1ccccc1. The summed E-state index contributed by atoms with van der Waals surface area (Å²) < 4.78 is 0. The third-order valence-electron chi connectivity index (χ3n) is 2.71. The van der Waals surface area contributed by atoms with Crippen molar-refractivity contribution in [3.05, 3.63) is 66.2 Å². The van der Waals surface area contributed by atoms with Crippen molar-refractivity contribution in [1.29, 1.82) is 0 Å². The van der Waals surface area contributed by atoms with Gasteiger partial charge in [0.2, 0.25) is 5.91 Å². The van der Waals surface area contributed by atoms with Gasteiger partial charge < -0.3 is 5.73 Å². The Bertz CT molecular complexity index is 498. The Labute approximate surface area is 111 Å². The molecule has 92 valence electrons. The minimum Gasteiger partial charge on any atom is -0.369 e. The van der Waals surface area contributed by atoms with Gasteiger partial charge in [-0.15, -0.1) is 11.8 Å². The van der Waals surface area contributed by atoms with Gasteiger partial charge in [0.05, 0.1) is 5.92 Å². The minimum absolute atomic E-state index is 0.239. The minimum atomic E-state index is -0.273. The molecule has 0 saturated carbocycles. The molecule has 18 heavy (non-hydrogen) atoms. The number of hydrogen-bond donors (Lipinski definition) is 1. The number of carbonyl (C=O) groups is 1. The highest BCUT2D eigenvalue weighted by molar-refractivity contribution is 7.99. The van der Waals surface area contributed by atoms with Crippen molar-refractivity contribution < 1.29 is 4.79 Å². The molecule has 2 aromatic carbocycles. The topological polar surface area (TPSA) is 43.1 Å². The lowest BCUT2D eigenvalue weighted by Gasteiger charge is -2.13. The van der Waals surface area contributed by atoms with Crippen LogP contribution in [0.4, 0.5) is 0 Å². The molecule has 0 aliphatic rings. The lowest BCUT2D eigenvalue weighted by molar-refractivity contribution is -0.118. The zero-order valence-corrected chi connectivity index (χ0v) is 10.8. The molecule has 2 rings (SSSR count). The van der Waals surface area contributed by atoms with Crippen molar-refractivity contribution in [1.82, 2.24) is 0 Å². The summed E-state index contributed by atoms with van der Waals surface area (Å²) in [5, 5.41) is 0. The number of nitrogens with two attached hydrogens (primary N) is 1. The highest BCUT2D eigenvalue weighted by Gasteiger charge is 2.17. The Morgan fingerprint density at radius 2 is 1.56 bits per heavy atom. The van der Waals surface area contributed by atoms with Crippen LogP contribution in [-0.2, 0) is 4.79 Å². The first-order chi connectivity index (χ1) is 8.77. The first-order valence-electron chi connectivity index (χ1n) is 5.79. The Hall–Kier alpha value is -1.74. The predicted molar refractivity (Wildman–Crippen MR) is 75.5 cm³/mol. The van der Waals surface area contributed by atoms with Gasteiger partial charge >= 0.3 is 0 Å². The number of benzene rings is 2. The largest absolute Gasteiger partial charge is 0.369 e. The van der Waals surface area contributed by atoms with E-state index in [9.17, 15) is 4.79 Å². The number of thioether (sulfide) groups is 1. The number of hydrogen-bond acceptors (Lipinski definition) is 2. The third-order valence-corrected chi connectivity index (χ3v) is 3.81. The summed E-state index contributed by atoms with van der Waals surface area (Å²) >= 11 is 1.65. The van der Waals surface area contributed by atoms with Crippen LogP contribution >= 0.6 is 11.8 Å². The summed E-state index contributed by atoms with van der Waals surface area (Å²) in [6.45, 7) is 0. The molecular formula is C15H15NOS. The van der Waals surface area contributed by atoms with Crippen LogP contribution in [0.1, 0.15) is 11.5 Å². The molecule has 0 aromatic heterocycles. The Kier molecular flexibility index (Phi) is 4.42. The van der Waals surface area contributed by atoms with Crippen LogP contribution in [0.25, 0.3) is 0 Å². The van der Waals surface area contributed by atoms with Crippen LogP contribution in [0.3, 0.4) is 0 Å². The number of primary amides is 1. The summed E-state index contributed by atoms with van der Waals surface area (Å²) in [4.78, 5) is 12.7. The molecule has 2 nitrogen and oxygen atoms in total. The predicted octanol–water partition coefficient (Wildman–Crippen LogP) is 3.05. The second kappa shape index (κ2) is 6.26. The van der Waals surface area contributed by atoms with E-state index in [1.165, 1.54) is 0 Å². The molecule has 0 heterocycles. The van der Waals surface area contributed by atoms with E-state index in [4.69, 9.17) is 5.73 Å². The van der Waals surface area contributed by atoms with Gasteiger partial charge in [-0.25, -0.2) is 0 Å². The summed E-state index contributed by atoms with van der Waals surface area (Å²) in [5.74, 6) is 0.157. The molecule has 1 atom stereocenters. The molecule has 0 fully saturated rings. The monoisotopic (exact) mass is 257 g/mol. The van der Waals surface area contributed by atoms with E-state index in [1.54, 1.807) is 11.8 Å². The van der Waals surface area contributed by atoms with Crippen molar-refractivity contribution in [3.63, 3.8) is 0 Å². The van der Waals surface area contributed by atoms with E-state index in [-0.39, 0.29) is 11.8 Å². The van der Waals surface area contributed by atoms with Gasteiger partial charge in [0.25, 0.3) is 0 Å². The Morgan fingerprint density at radius 3 is 2.11 bits per heavy atom. The summed E-state index contributed by atoms with van der Waals surface area (Å²) in [6, 6.07) is 19.7. The van der Waals surface area contributed by atoms with E-state index in [2.05, 4.69) is 0 Å². The average Bonchev–Trinajstić information content (AvgIpc) is 2.41. The van der Waals surface area contributed by atoms with Crippen molar-refractivity contribution in [2.24, 2.45) is 5.73 Å². The smallest absolute Gasteiger partial charge is 0.225 e. The normalized spacial score (nSPS) is 12.0. The molecule has 2 N–H and O–H groups in total. The Morgan fingerprint density at radius 1 is 1.00 bits per heavy atom. The molecule has 0 spiro atoms. The number of rotatable bonds is 5. The number of carbonyl (C=O) groups excluding carboxylic acids is 1. The van der Waals surface area contributed by atoms with Crippen LogP contribution in [0.2, 0.25) is 0 Å². The average molecular weight is 257 g/mol. The van der Waals surface area contributed by atoms with Crippen LogP contribution in [-0.4, -0.2) is 11.7 Å². The molecule has 0 aliphatic heterocycles. The summed E-state index contributed by atoms with van der Waals surface area (Å²) in [5.41, 5.74) is 6.46. The van der Waals surface area contributed by atoms with Gasteiger partial charge in [0, 0.05) is 10.6 Å². The fourth-order valence-corrected chi connectivity index (χ4v) is 2.79. The molecular weight excluding hydrogens is 242 g/mol. The molecule has 0 unspecified atom stereocenters. The molecule has 3 heteroatoms. The van der Waals surface area contributed by atoms with Crippen LogP contribution in [0, 0.1) is 0 Å². The van der Waals surface area contributed by atoms with E-state index in [1.807, 2.05) is 60.7 Å². The van der Waals surface area contributed by atoms with Gasteiger partial charge in [0.1, 0.15) is 0 Å². The third kappa shape index (κ3) is 3.37. The van der Waals surface area contributed by atoms with Gasteiger partial charge in [-0.3, -0.25) is 4.79 Å². The Balaban J connectivity index is 2.06. The highest BCUT2D eigenvalue weighted by Crippen LogP contribution is 2.25. The van der Waals surface area contributed by atoms with Crippen molar-refractivity contribution in [2.75, 3.05) is 5.75 Å². The lowest BCUT2D eigenvalue weighted by atomic mass is 10.0. The first-order valence-corrected chi connectivity index (χ1v) is 6.78. The quantitative estimate of drug-likeness (QED) is 0.837.